The Hall–Kier alpha value is -0.810. The first-order valence-corrected chi connectivity index (χ1v) is 7.09. The Kier molecular flexibility index (Phi) is 3.20. The molecule has 3 fully saturated rings. The van der Waals surface area contributed by atoms with Gasteiger partial charge in [0, 0.05) is 31.7 Å². The van der Waals surface area contributed by atoms with Gasteiger partial charge in [-0.15, -0.1) is 0 Å². The van der Waals surface area contributed by atoms with Crippen LogP contribution in [0.1, 0.15) is 26.2 Å². The molecule has 2 heterocycles. The van der Waals surface area contributed by atoms with Gasteiger partial charge in [-0.25, -0.2) is 4.79 Å². The number of hydrogen-bond donors (Lipinski definition) is 2. The fourth-order valence-electron chi connectivity index (χ4n) is 3.54. The largest absolute Gasteiger partial charge is 0.376 e. The number of carbonyl (C=O) groups is 1. The molecule has 0 radical (unpaired) electrons. The summed E-state index contributed by atoms with van der Waals surface area (Å²) in [7, 11) is 0. The molecule has 1 saturated carbocycles. The molecule has 5 heteroatoms. The summed E-state index contributed by atoms with van der Waals surface area (Å²) in [5.74, 6) is 1.06. The van der Waals surface area contributed by atoms with Crippen molar-refractivity contribution >= 4 is 6.03 Å². The van der Waals surface area contributed by atoms with Gasteiger partial charge in [0.15, 0.2) is 0 Å². The number of carbonyl (C=O) groups excluding carboxylic acids is 1. The SMILES string of the molecule is CC1CCCN(C(=O)NC2C(N)C3CCOC32)C1. The van der Waals surface area contributed by atoms with Crippen molar-refractivity contribution < 1.29 is 9.53 Å². The molecule has 0 aromatic carbocycles. The number of urea groups is 1. The van der Waals surface area contributed by atoms with Gasteiger partial charge in [0.05, 0.1) is 12.1 Å². The summed E-state index contributed by atoms with van der Waals surface area (Å²) in [6.07, 6.45) is 3.53. The lowest BCUT2D eigenvalue weighted by molar-refractivity contribution is -0.0156. The third kappa shape index (κ3) is 1.99. The minimum absolute atomic E-state index is 0.0160. The molecule has 18 heavy (non-hydrogen) atoms. The number of likely N-dealkylation sites (tertiary alicyclic amines) is 1. The van der Waals surface area contributed by atoms with E-state index in [2.05, 4.69) is 12.2 Å². The standard InChI is InChI=1S/C13H23N3O2/c1-8-3-2-5-16(7-8)13(17)15-11-10(14)9-4-6-18-12(9)11/h8-12H,2-7,14H2,1H3,(H,15,17). The highest BCUT2D eigenvalue weighted by atomic mass is 16.5. The zero-order chi connectivity index (χ0) is 12.7. The van der Waals surface area contributed by atoms with Crippen LogP contribution in [-0.4, -0.2) is 48.8 Å². The molecule has 5 atom stereocenters. The summed E-state index contributed by atoms with van der Waals surface area (Å²) < 4.78 is 5.63. The van der Waals surface area contributed by atoms with Gasteiger partial charge in [-0.3, -0.25) is 0 Å². The summed E-state index contributed by atoms with van der Waals surface area (Å²) in [6, 6.07) is 0.127. The molecule has 3 rings (SSSR count). The maximum absolute atomic E-state index is 12.2. The monoisotopic (exact) mass is 253 g/mol. The molecule has 5 nitrogen and oxygen atoms in total. The van der Waals surface area contributed by atoms with Crippen LogP contribution >= 0.6 is 0 Å². The van der Waals surface area contributed by atoms with E-state index in [1.54, 1.807) is 0 Å². The fraction of sp³-hybridized carbons (Fsp3) is 0.923. The van der Waals surface area contributed by atoms with Gasteiger partial charge in [0.1, 0.15) is 0 Å². The van der Waals surface area contributed by atoms with Gasteiger partial charge in [-0.2, -0.15) is 0 Å². The minimum atomic E-state index is 0.0160. The molecular formula is C13H23N3O2. The van der Waals surface area contributed by atoms with Crippen LogP contribution in [0.5, 0.6) is 0 Å². The van der Waals surface area contributed by atoms with E-state index >= 15 is 0 Å². The average molecular weight is 253 g/mol. The van der Waals surface area contributed by atoms with Crippen molar-refractivity contribution in [3.63, 3.8) is 0 Å². The van der Waals surface area contributed by atoms with Crippen molar-refractivity contribution in [1.82, 2.24) is 10.2 Å². The number of rotatable bonds is 1. The quantitative estimate of drug-likeness (QED) is 0.717. The third-order valence-electron chi connectivity index (χ3n) is 4.68. The number of nitrogens with zero attached hydrogens (tertiary/aromatic N) is 1. The lowest BCUT2D eigenvalue weighted by Crippen LogP contribution is -2.70. The molecule has 3 aliphatic rings. The Morgan fingerprint density at radius 1 is 1.44 bits per heavy atom. The molecule has 0 aromatic rings. The topological polar surface area (TPSA) is 67.6 Å². The molecular weight excluding hydrogens is 230 g/mol. The first kappa shape index (κ1) is 12.2. The molecule has 102 valence electrons. The minimum Gasteiger partial charge on any atom is -0.376 e. The van der Waals surface area contributed by atoms with Crippen LogP contribution in [-0.2, 0) is 4.74 Å². The Balaban J connectivity index is 1.54. The zero-order valence-electron chi connectivity index (χ0n) is 11.0. The van der Waals surface area contributed by atoms with Crippen molar-refractivity contribution in [2.75, 3.05) is 19.7 Å². The molecule has 1 aliphatic carbocycles. The highest BCUT2D eigenvalue weighted by Gasteiger charge is 2.53. The van der Waals surface area contributed by atoms with Gasteiger partial charge in [0.25, 0.3) is 0 Å². The zero-order valence-corrected chi connectivity index (χ0v) is 11.0. The van der Waals surface area contributed by atoms with Gasteiger partial charge in [0.2, 0.25) is 0 Å². The summed E-state index contributed by atoms with van der Waals surface area (Å²) in [5.41, 5.74) is 6.10. The second-order valence-electron chi connectivity index (χ2n) is 6.03. The summed E-state index contributed by atoms with van der Waals surface area (Å²) in [5, 5.41) is 3.06. The third-order valence-corrected chi connectivity index (χ3v) is 4.68. The number of nitrogens with one attached hydrogen (secondary N) is 1. The average Bonchev–Trinajstić information content (AvgIpc) is 2.80. The van der Waals surface area contributed by atoms with E-state index < -0.39 is 0 Å². The van der Waals surface area contributed by atoms with Crippen molar-refractivity contribution in [2.24, 2.45) is 17.6 Å². The van der Waals surface area contributed by atoms with E-state index in [4.69, 9.17) is 10.5 Å². The van der Waals surface area contributed by atoms with Crippen molar-refractivity contribution in [1.29, 1.82) is 0 Å². The number of piperidine rings is 1. The van der Waals surface area contributed by atoms with Crippen LogP contribution in [0.4, 0.5) is 4.79 Å². The van der Waals surface area contributed by atoms with Crippen LogP contribution < -0.4 is 11.1 Å². The number of amides is 2. The lowest BCUT2D eigenvalue weighted by atomic mass is 9.72. The van der Waals surface area contributed by atoms with Crippen LogP contribution in [0.25, 0.3) is 0 Å². The van der Waals surface area contributed by atoms with E-state index in [0.29, 0.717) is 11.8 Å². The maximum atomic E-state index is 12.2. The summed E-state index contributed by atoms with van der Waals surface area (Å²) >= 11 is 0. The number of fused-ring (bicyclic) bond motifs is 1. The number of hydrogen-bond acceptors (Lipinski definition) is 3. The molecule has 5 unspecified atom stereocenters. The summed E-state index contributed by atoms with van der Waals surface area (Å²) in [4.78, 5) is 14.1. The highest BCUT2D eigenvalue weighted by Crippen LogP contribution is 2.37. The predicted octanol–water partition coefficient (Wildman–Crippen LogP) is 0.543. The van der Waals surface area contributed by atoms with Crippen LogP contribution in [0.2, 0.25) is 0 Å². The molecule has 3 N–H and O–H groups in total. The predicted molar refractivity (Wildman–Crippen MR) is 68.1 cm³/mol. The maximum Gasteiger partial charge on any atom is 0.317 e. The van der Waals surface area contributed by atoms with Crippen molar-refractivity contribution in [3.8, 4) is 0 Å². The van der Waals surface area contributed by atoms with E-state index in [-0.39, 0.29) is 24.2 Å². The Morgan fingerprint density at radius 3 is 3.06 bits per heavy atom. The Morgan fingerprint density at radius 2 is 2.28 bits per heavy atom. The normalized spacial score (nSPS) is 43.2. The lowest BCUT2D eigenvalue weighted by Gasteiger charge is -2.46. The smallest absolute Gasteiger partial charge is 0.317 e. The van der Waals surface area contributed by atoms with Gasteiger partial charge < -0.3 is 20.7 Å². The van der Waals surface area contributed by atoms with E-state index in [9.17, 15) is 4.79 Å². The highest BCUT2D eigenvalue weighted by molar-refractivity contribution is 5.75. The van der Waals surface area contributed by atoms with Crippen LogP contribution in [0.3, 0.4) is 0 Å². The second kappa shape index (κ2) is 4.70. The van der Waals surface area contributed by atoms with E-state index in [1.165, 1.54) is 6.42 Å². The van der Waals surface area contributed by atoms with Gasteiger partial charge in [-0.1, -0.05) is 6.92 Å². The molecule has 0 bridgehead atoms. The number of nitrogens with two attached hydrogens (primary N) is 1. The van der Waals surface area contributed by atoms with Gasteiger partial charge >= 0.3 is 6.03 Å². The van der Waals surface area contributed by atoms with Crippen LogP contribution in [0.15, 0.2) is 0 Å². The number of ether oxygens (including phenoxy) is 1. The second-order valence-corrected chi connectivity index (χ2v) is 6.03. The first-order valence-electron chi connectivity index (χ1n) is 7.09. The van der Waals surface area contributed by atoms with Gasteiger partial charge in [-0.05, 0) is 25.2 Å². The molecule has 0 spiro atoms. The Bertz CT molecular complexity index is 336. The molecule has 0 aromatic heterocycles. The molecule has 2 amide bonds. The summed E-state index contributed by atoms with van der Waals surface area (Å²) in [6.45, 7) is 4.72. The fourth-order valence-corrected chi connectivity index (χ4v) is 3.54. The van der Waals surface area contributed by atoms with E-state index in [0.717, 1.165) is 32.5 Å². The molecule has 2 saturated heterocycles. The van der Waals surface area contributed by atoms with Crippen molar-refractivity contribution in [3.05, 3.63) is 0 Å². The Labute approximate surface area is 108 Å². The van der Waals surface area contributed by atoms with E-state index in [1.807, 2.05) is 4.90 Å². The van der Waals surface area contributed by atoms with Crippen LogP contribution in [0, 0.1) is 11.8 Å². The van der Waals surface area contributed by atoms with Crippen molar-refractivity contribution in [2.45, 2.75) is 44.4 Å². The first-order chi connectivity index (χ1) is 8.66. The molecule has 2 aliphatic heterocycles.